The van der Waals surface area contributed by atoms with E-state index in [4.69, 9.17) is 5.26 Å². The van der Waals surface area contributed by atoms with E-state index in [1.54, 1.807) is 4.90 Å². The number of hydrogen-bond acceptors (Lipinski definition) is 6. The third-order valence-corrected chi connectivity index (χ3v) is 4.09. The smallest absolute Gasteiger partial charge is 0.346 e. The van der Waals surface area contributed by atoms with Crippen molar-refractivity contribution in [2.75, 3.05) is 13.1 Å². The number of alkyl halides is 3. The molecule has 3 rings (SSSR count). The summed E-state index contributed by atoms with van der Waals surface area (Å²) >= 11 is 0. The Morgan fingerprint density at radius 2 is 2.15 bits per heavy atom. The number of likely N-dealkylation sites (tertiary alicyclic amines) is 1. The first-order chi connectivity index (χ1) is 12.8. The molecule has 0 radical (unpaired) electrons. The van der Waals surface area contributed by atoms with Crippen molar-refractivity contribution in [2.24, 2.45) is 0 Å². The number of pyridine rings is 1. The van der Waals surface area contributed by atoms with Gasteiger partial charge in [0.1, 0.15) is 17.2 Å². The van der Waals surface area contributed by atoms with Gasteiger partial charge in [-0.1, -0.05) is 0 Å². The maximum Gasteiger partial charge on any atom is 0.433 e. The lowest BCUT2D eigenvalue weighted by Gasteiger charge is -2.12. The van der Waals surface area contributed by atoms with Crippen molar-refractivity contribution < 1.29 is 18.0 Å². The van der Waals surface area contributed by atoms with Gasteiger partial charge in [-0.25, -0.2) is 9.97 Å². The number of rotatable bonds is 3. The maximum absolute atomic E-state index is 12.9. The molecule has 1 aliphatic heterocycles. The number of aryl methyl sites for hydroxylation is 1. The molecule has 140 valence electrons. The molecule has 3 heterocycles. The van der Waals surface area contributed by atoms with Crippen LogP contribution in [0.1, 0.15) is 28.4 Å². The zero-order valence-corrected chi connectivity index (χ0v) is 14.3. The van der Waals surface area contributed by atoms with Gasteiger partial charge in [0.25, 0.3) is 5.91 Å². The van der Waals surface area contributed by atoms with Gasteiger partial charge in [-0.2, -0.15) is 18.4 Å². The highest BCUT2D eigenvalue weighted by Crippen LogP contribution is 2.30. The highest BCUT2D eigenvalue weighted by molar-refractivity contribution is 5.92. The summed E-state index contributed by atoms with van der Waals surface area (Å²) in [6, 6.07) is 3.61. The van der Waals surface area contributed by atoms with E-state index in [0.717, 1.165) is 6.07 Å². The summed E-state index contributed by atoms with van der Waals surface area (Å²) in [5.74, 6) is -0.411. The first kappa shape index (κ1) is 18.6. The fraction of sp³-hybridized carbons (Fsp3) is 0.353. The Morgan fingerprint density at radius 1 is 1.37 bits per heavy atom. The molecule has 1 unspecified atom stereocenters. The maximum atomic E-state index is 12.9. The van der Waals surface area contributed by atoms with Gasteiger partial charge in [0.2, 0.25) is 0 Å². The molecule has 27 heavy (non-hydrogen) atoms. The third-order valence-electron chi connectivity index (χ3n) is 4.09. The van der Waals surface area contributed by atoms with Gasteiger partial charge in [-0.15, -0.1) is 0 Å². The number of carbonyl (C=O) groups excluding carboxylic acids is 1. The molecule has 10 heteroatoms. The molecule has 0 bridgehead atoms. The van der Waals surface area contributed by atoms with Crippen LogP contribution in [-0.2, 0) is 6.18 Å². The monoisotopic (exact) mass is 376 g/mol. The third kappa shape index (κ3) is 4.31. The fourth-order valence-electron chi connectivity index (χ4n) is 2.77. The first-order valence-electron chi connectivity index (χ1n) is 8.11. The highest BCUT2D eigenvalue weighted by Gasteiger charge is 2.33. The lowest BCUT2D eigenvalue weighted by Crippen LogP contribution is -2.36. The van der Waals surface area contributed by atoms with E-state index in [2.05, 4.69) is 20.3 Å². The number of carbonyl (C=O) groups is 1. The average Bonchev–Trinajstić information content (AvgIpc) is 3.08. The second kappa shape index (κ2) is 7.19. The SMILES string of the molecule is Cc1nc(-c2ccc(C(=O)NC3CCN(C#N)C3)nc2)cc(C(F)(F)F)n1. The number of hydrogen-bond donors (Lipinski definition) is 1. The Labute approximate surface area is 152 Å². The van der Waals surface area contributed by atoms with E-state index in [1.807, 2.05) is 6.19 Å². The van der Waals surface area contributed by atoms with Crippen molar-refractivity contribution in [2.45, 2.75) is 25.6 Å². The number of aromatic nitrogens is 3. The summed E-state index contributed by atoms with van der Waals surface area (Å²) in [5.41, 5.74) is -0.472. The number of amides is 1. The standard InChI is InChI=1S/C17H15F3N6O/c1-10-23-14(6-15(24-10)17(18,19)20)11-2-3-13(22-7-11)16(27)25-12-4-5-26(8-12)9-21/h2-3,6-7,12H,4-5,8H2,1H3,(H,25,27). The second-order valence-electron chi connectivity index (χ2n) is 6.12. The van der Waals surface area contributed by atoms with Crippen LogP contribution in [-0.4, -0.2) is 44.9 Å². The summed E-state index contributed by atoms with van der Waals surface area (Å²) in [6.07, 6.45) is -0.585. The second-order valence-corrected chi connectivity index (χ2v) is 6.12. The molecular formula is C17H15F3N6O. The Morgan fingerprint density at radius 3 is 2.74 bits per heavy atom. The van der Waals surface area contributed by atoms with Crippen LogP contribution in [0.15, 0.2) is 24.4 Å². The zero-order chi connectivity index (χ0) is 19.6. The van der Waals surface area contributed by atoms with Crippen molar-refractivity contribution in [3.05, 3.63) is 41.6 Å². The lowest BCUT2D eigenvalue weighted by molar-refractivity contribution is -0.141. The number of nitriles is 1. The molecule has 0 saturated carbocycles. The fourth-order valence-corrected chi connectivity index (χ4v) is 2.77. The Hall–Kier alpha value is -3.22. The van der Waals surface area contributed by atoms with Crippen molar-refractivity contribution in [1.29, 1.82) is 5.26 Å². The predicted octanol–water partition coefficient (Wildman–Crippen LogP) is 2.15. The number of nitrogens with zero attached hydrogens (tertiary/aromatic N) is 5. The van der Waals surface area contributed by atoms with E-state index < -0.39 is 17.8 Å². The Kier molecular flexibility index (Phi) is 4.94. The zero-order valence-electron chi connectivity index (χ0n) is 14.3. The van der Waals surface area contributed by atoms with Crippen LogP contribution < -0.4 is 5.32 Å². The topological polar surface area (TPSA) is 94.8 Å². The normalized spacial score (nSPS) is 16.9. The summed E-state index contributed by atoms with van der Waals surface area (Å²) < 4.78 is 38.7. The van der Waals surface area contributed by atoms with Crippen LogP contribution in [0.2, 0.25) is 0 Å². The van der Waals surface area contributed by atoms with Crippen LogP contribution in [0.3, 0.4) is 0 Å². The average molecular weight is 376 g/mol. The van der Waals surface area contributed by atoms with Crippen LogP contribution >= 0.6 is 0 Å². The van der Waals surface area contributed by atoms with Crippen molar-refractivity contribution in [3.63, 3.8) is 0 Å². The molecule has 1 saturated heterocycles. The molecule has 1 atom stereocenters. The molecule has 1 fully saturated rings. The predicted molar refractivity (Wildman–Crippen MR) is 88.1 cm³/mol. The van der Waals surface area contributed by atoms with Gasteiger partial charge in [0.05, 0.1) is 5.69 Å². The number of nitrogens with one attached hydrogen (secondary N) is 1. The largest absolute Gasteiger partial charge is 0.433 e. The van der Waals surface area contributed by atoms with E-state index in [-0.39, 0.29) is 23.3 Å². The Balaban J connectivity index is 1.75. The highest BCUT2D eigenvalue weighted by atomic mass is 19.4. The summed E-state index contributed by atoms with van der Waals surface area (Å²) in [6.45, 7) is 2.41. The summed E-state index contributed by atoms with van der Waals surface area (Å²) in [7, 11) is 0. The molecule has 1 aliphatic rings. The van der Waals surface area contributed by atoms with Gasteiger partial charge in [-0.3, -0.25) is 9.78 Å². The van der Waals surface area contributed by atoms with E-state index >= 15 is 0 Å². The molecule has 0 aliphatic carbocycles. The van der Waals surface area contributed by atoms with Gasteiger partial charge in [0, 0.05) is 30.9 Å². The van der Waals surface area contributed by atoms with Crippen LogP contribution in [0.5, 0.6) is 0 Å². The van der Waals surface area contributed by atoms with Crippen LogP contribution in [0, 0.1) is 18.4 Å². The van der Waals surface area contributed by atoms with E-state index in [9.17, 15) is 18.0 Å². The van der Waals surface area contributed by atoms with Crippen molar-refractivity contribution in [1.82, 2.24) is 25.2 Å². The van der Waals surface area contributed by atoms with E-state index in [1.165, 1.54) is 25.3 Å². The minimum absolute atomic E-state index is 0.00933. The summed E-state index contributed by atoms with van der Waals surface area (Å²) in [4.78, 5) is 25.2. The molecule has 2 aromatic heterocycles. The molecule has 0 aromatic carbocycles. The molecule has 1 amide bonds. The van der Waals surface area contributed by atoms with Gasteiger partial charge in [-0.05, 0) is 31.5 Å². The lowest BCUT2D eigenvalue weighted by atomic mass is 10.1. The molecule has 0 spiro atoms. The number of halogens is 3. The quantitative estimate of drug-likeness (QED) is 0.825. The van der Waals surface area contributed by atoms with Crippen LogP contribution in [0.25, 0.3) is 11.3 Å². The van der Waals surface area contributed by atoms with E-state index in [0.29, 0.717) is 25.1 Å². The minimum Gasteiger partial charge on any atom is -0.346 e. The molecule has 7 nitrogen and oxygen atoms in total. The van der Waals surface area contributed by atoms with Gasteiger partial charge >= 0.3 is 6.18 Å². The van der Waals surface area contributed by atoms with Crippen molar-refractivity contribution in [3.8, 4) is 17.5 Å². The Bertz CT molecular complexity index is 891. The van der Waals surface area contributed by atoms with Gasteiger partial charge < -0.3 is 10.2 Å². The molecule has 1 N–H and O–H groups in total. The first-order valence-corrected chi connectivity index (χ1v) is 8.11. The molecule has 2 aromatic rings. The van der Waals surface area contributed by atoms with Crippen LogP contribution in [0.4, 0.5) is 13.2 Å². The van der Waals surface area contributed by atoms with Gasteiger partial charge in [0.15, 0.2) is 6.19 Å². The molecular weight excluding hydrogens is 361 g/mol. The van der Waals surface area contributed by atoms with Crippen molar-refractivity contribution >= 4 is 5.91 Å². The summed E-state index contributed by atoms with van der Waals surface area (Å²) in [5, 5.41) is 11.6. The minimum atomic E-state index is -4.58.